The van der Waals surface area contributed by atoms with E-state index in [0.29, 0.717) is 0 Å². The van der Waals surface area contributed by atoms with Crippen molar-refractivity contribution in [2.75, 3.05) is 57.0 Å². The van der Waals surface area contributed by atoms with Crippen LogP contribution in [0.25, 0.3) is 0 Å². The lowest BCUT2D eigenvalue weighted by Crippen LogP contribution is -3.00. The minimum absolute atomic E-state index is 0. The lowest BCUT2D eigenvalue weighted by atomic mass is 10.2. The van der Waals surface area contributed by atoms with Crippen molar-refractivity contribution in [1.29, 1.82) is 0 Å². The summed E-state index contributed by atoms with van der Waals surface area (Å²) < 4.78 is 0.974. The third kappa shape index (κ3) is 3.51. The lowest BCUT2D eigenvalue weighted by Gasteiger charge is -2.42. The second-order valence-corrected chi connectivity index (χ2v) is 5.09. The number of rotatable bonds is 3. The van der Waals surface area contributed by atoms with Crippen molar-refractivity contribution >= 4 is 11.4 Å². The Morgan fingerprint density at radius 1 is 1.22 bits per heavy atom. The number of piperazine rings is 1. The maximum absolute atomic E-state index is 9.05. The van der Waals surface area contributed by atoms with Crippen LogP contribution < -0.4 is 23.0 Å². The molecule has 0 aromatic heterocycles. The number of nitrogen functional groups attached to an aromatic ring is 1. The van der Waals surface area contributed by atoms with Crippen molar-refractivity contribution < 1.29 is 22.0 Å². The van der Waals surface area contributed by atoms with E-state index in [-0.39, 0.29) is 19.0 Å². The van der Waals surface area contributed by atoms with Crippen LogP contribution in [0.4, 0.5) is 11.4 Å². The number of aliphatic hydroxyl groups excluding tert-OH is 1. The summed E-state index contributed by atoms with van der Waals surface area (Å²) in [5.74, 6) is 0. The summed E-state index contributed by atoms with van der Waals surface area (Å²) in [6.07, 6.45) is 0. The van der Waals surface area contributed by atoms with E-state index in [1.807, 2.05) is 12.1 Å². The van der Waals surface area contributed by atoms with Gasteiger partial charge in [0.05, 0.1) is 39.8 Å². The molecule has 1 aromatic carbocycles. The van der Waals surface area contributed by atoms with Gasteiger partial charge in [-0.05, 0) is 24.3 Å². The molecule has 0 saturated carbocycles. The maximum atomic E-state index is 9.05. The molecule has 0 spiro atoms. The van der Waals surface area contributed by atoms with Crippen LogP contribution in [0.2, 0.25) is 0 Å². The average Bonchev–Trinajstić information content (AvgIpc) is 2.31. The molecule has 0 aliphatic carbocycles. The Bertz CT molecular complexity index is 361. The fourth-order valence-corrected chi connectivity index (χ4v) is 2.36. The fraction of sp³-hybridized carbons (Fsp3) is 0.538. The van der Waals surface area contributed by atoms with Gasteiger partial charge in [0.2, 0.25) is 0 Å². The van der Waals surface area contributed by atoms with Crippen LogP contribution in [0.1, 0.15) is 0 Å². The predicted octanol–water partition coefficient (Wildman–Crippen LogP) is -2.47. The highest BCUT2D eigenvalue weighted by Gasteiger charge is 2.27. The zero-order valence-electron chi connectivity index (χ0n) is 10.8. The third-order valence-electron chi connectivity index (χ3n) is 3.72. The molecule has 1 aromatic rings. The van der Waals surface area contributed by atoms with Crippen molar-refractivity contribution in [1.82, 2.24) is 0 Å². The highest BCUT2D eigenvalue weighted by molar-refractivity contribution is 5.53. The van der Waals surface area contributed by atoms with Crippen molar-refractivity contribution in [2.24, 2.45) is 0 Å². The molecule has 4 nitrogen and oxygen atoms in total. The monoisotopic (exact) mass is 271 g/mol. The van der Waals surface area contributed by atoms with Crippen LogP contribution in [-0.4, -0.2) is 56.0 Å². The van der Waals surface area contributed by atoms with Crippen molar-refractivity contribution in [3.63, 3.8) is 0 Å². The Morgan fingerprint density at radius 2 is 1.78 bits per heavy atom. The van der Waals surface area contributed by atoms with Crippen molar-refractivity contribution in [3.8, 4) is 0 Å². The van der Waals surface area contributed by atoms with Crippen LogP contribution >= 0.6 is 0 Å². The van der Waals surface area contributed by atoms with E-state index in [0.717, 1.165) is 42.9 Å². The molecule has 0 atom stereocenters. The SMILES string of the molecule is C[N+]1(CCO)CCN(c2ccc(N)cc2)CC1.[Cl-]. The quantitative estimate of drug-likeness (QED) is 0.473. The molecule has 0 bridgehead atoms. The average molecular weight is 272 g/mol. The van der Waals surface area contributed by atoms with Gasteiger partial charge in [0.25, 0.3) is 0 Å². The summed E-state index contributed by atoms with van der Waals surface area (Å²) in [6, 6.07) is 8.06. The van der Waals surface area contributed by atoms with Crippen molar-refractivity contribution in [2.45, 2.75) is 0 Å². The van der Waals surface area contributed by atoms with Crippen LogP contribution in [0, 0.1) is 0 Å². The van der Waals surface area contributed by atoms with Gasteiger partial charge >= 0.3 is 0 Å². The van der Waals surface area contributed by atoms with Crippen LogP contribution in [0.5, 0.6) is 0 Å². The van der Waals surface area contributed by atoms with Gasteiger partial charge in [-0.3, -0.25) is 0 Å². The summed E-state index contributed by atoms with van der Waals surface area (Å²) >= 11 is 0. The summed E-state index contributed by atoms with van der Waals surface area (Å²) in [6.45, 7) is 5.39. The topological polar surface area (TPSA) is 49.5 Å². The fourth-order valence-electron chi connectivity index (χ4n) is 2.36. The molecule has 2 rings (SSSR count). The number of nitrogens with zero attached hydrogens (tertiary/aromatic N) is 2. The van der Waals surface area contributed by atoms with Gasteiger partial charge in [0, 0.05) is 11.4 Å². The first-order valence-corrected chi connectivity index (χ1v) is 6.18. The van der Waals surface area contributed by atoms with Gasteiger partial charge in [0.15, 0.2) is 0 Å². The molecule has 1 fully saturated rings. The van der Waals surface area contributed by atoms with Crippen LogP contribution in [-0.2, 0) is 0 Å². The Balaban J connectivity index is 0.00000162. The molecule has 3 N–H and O–H groups in total. The number of likely N-dealkylation sites (N-methyl/N-ethyl adjacent to an activating group) is 1. The first kappa shape index (κ1) is 15.1. The lowest BCUT2D eigenvalue weighted by molar-refractivity contribution is -0.910. The second-order valence-electron chi connectivity index (χ2n) is 5.09. The largest absolute Gasteiger partial charge is 1.00 e. The minimum Gasteiger partial charge on any atom is -1.00 e. The molecule has 1 heterocycles. The Hall–Kier alpha value is -0.970. The number of anilines is 2. The molecule has 102 valence electrons. The van der Waals surface area contributed by atoms with Crippen LogP contribution in [0.3, 0.4) is 0 Å². The highest BCUT2D eigenvalue weighted by Crippen LogP contribution is 2.19. The molecule has 5 heteroatoms. The van der Waals surface area contributed by atoms with E-state index >= 15 is 0 Å². The standard InChI is InChI=1S/C13H22N3O.ClH/c1-16(10-11-17)8-6-15(7-9-16)13-4-2-12(14)3-5-13;/h2-5,17H,6-11,14H2,1H3;1H/q+1;/p-1. The number of hydrogen-bond donors (Lipinski definition) is 2. The molecule has 0 radical (unpaired) electrons. The predicted molar refractivity (Wildman–Crippen MR) is 70.9 cm³/mol. The summed E-state index contributed by atoms with van der Waals surface area (Å²) in [5, 5.41) is 9.05. The summed E-state index contributed by atoms with van der Waals surface area (Å²) in [4.78, 5) is 2.39. The summed E-state index contributed by atoms with van der Waals surface area (Å²) in [5.41, 5.74) is 7.75. The number of hydrogen-bond acceptors (Lipinski definition) is 3. The molecule has 1 saturated heterocycles. The molecule has 1 aliphatic rings. The Labute approximate surface area is 115 Å². The number of quaternary nitrogens is 1. The Morgan fingerprint density at radius 3 is 2.28 bits per heavy atom. The first-order chi connectivity index (χ1) is 8.13. The zero-order valence-corrected chi connectivity index (χ0v) is 11.6. The van der Waals surface area contributed by atoms with Gasteiger partial charge in [0.1, 0.15) is 6.54 Å². The molecule has 0 unspecified atom stereocenters. The number of nitrogens with two attached hydrogens (primary N) is 1. The third-order valence-corrected chi connectivity index (χ3v) is 3.72. The second kappa shape index (κ2) is 6.27. The molecular weight excluding hydrogens is 250 g/mol. The number of aliphatic hydroxyl groups is 1. The minimum atomic E-state index is 0. The van der Waals surface area contributed by atoms with Gasteiger partial charge in [-0.2, -0.15) is 0 Å². The Kier molecular flexibility index (Phi) is 5.26. The van der Waals surface area contributed by atoms with Crippen LogP contribution in [0.15, 0.2) is 24.3 Å². The summed E-state index contributed by atoms with van der Waals surface area (Å²) in [7, 11) is 2.22. The first-order valence-electron chi connectivity index (χ1n) is 6.18. The van der Waals surface area contributed by atoms with E-state index in [9.17, 15) is 0 Å². The molecule has 1 aliphatic heterocycles. The van der Waals surface area contributed by atoms with Gasteiger partial charge in [-0.15, -0.1) is 0 Å². The smallest absolute Gasteiger partial charge is 0.102 e. The highest BCUT2D eigenvalue weighted by atomic mass is 35.5. The van der Waals surface area contributed by atoms with Gasteiger partial charge in [-0.25, -0.2) is 0 Å². The zero-order chi connectivity index (χ0) is 12.3. The molecular formula is C13H22ClN3O. The van der Waals surface area contributed by atoms with E-state index in [2.05, 4.69) is 24.1 Å². The van der Waals surface area contributed by atoms with E-state index < -0.39 is 0 Å². The van der Waals surface area contributed by atoms with E-state index in [1.54, 1.807) is 0 Å². The van der Waals surface area contributed by atoms with E-state index in [1.165, 1.54) is 5.69 Å². The van der Waals surface area contributed by atoms with Gasteiger partial charge < -0.3 is 32.6 Å². The molecule has 0 amide bonds. The number of benzene rings is 1. The van der Waals surface area contributed by atoms with Gasteiger partial charge in [-0.1, -0.05) is 0 Å². The normalized spacial score (nSPS) is 18.2. The van der Waals surface area contributed by atoms with Crippen molar-refractivity contribution in [3.05, 3.63) is 24.3 Å². The number of halogens is 1. The maximum Gasteiger partial charge on any atom is 0.102 e. The molecule has 18 heavy (non-hydrogen) atoms. The van der Waals surface area contributed by atoms with E-state index in [4.69, 9.17) is 10.8 Å².